The quantitative estimate of drug-likeness (QED) is 0.804. The van der Waals surface area contributed by atoms with Gasteiger partial charge < -0.3 is 5.32 Å². The molecule has 0 aliphatic heterocycles. The molecule has 0 amide bonds. The van der Waals surface area contributed by atoms with E-state index in [-0.39, 0.29) is 11.6 Å². The van der Waals surface area contributed by atoms with Crippen LogP contribution in [-0.4, -0.2) is 14.6 Å². The lowest BCUT2D eigenvalue weighted by atomic mass is 9.77. The van der Waals surface area contributed by atoms with Crippen LogP contribution in [0.1, 0.15) is 30.9 Å². The van der Waals surface area contributed by atoms with Crippen molar-refractivity contribution in [2.75, 3.05) is 5.32 Å². The Bertz CT molecular complexity index is 838. The molecule has 0 bridgehead atoms. The largest absolute Gasteiger partial charge is 0.353 e. The highest BCUT2D eigenvalue weighted by Gasteiger charge is 2.29. The number of benzene rings is 1. The van der Waals surface area contributed by atoms with Gasteiger partial charge in [0.2, 0.25) is 10.1 Å². The van der Waals surface area contributed by atoms with Gasteiger partial charge in [-0.3, -0.25) is 4.79 Å². The second kappa shape index (κ2) is 5.53. The average molecular weight is 312 g/mol. The Hall–Kier alpha value is -2.21. The monoisotopic (exact) mass is 312 g/mol. The van der Waals surface area contributed by atoms with Gasteiger partial charge in [-0.25, -0.2) is 4.98 Å². The lowest BCUT2D eigenvalue weighted by molar-refractivity contribution is 0.277. The summed E-state index contributed by atoms with van der Waals surface area (Å²) in [5, 5.41) is 8.64. The van der Waals surface area contributed by atoms with Gasteiger partial charge in [0, 0.05) is 12.3 Å². The zero-order valence-corrected chi connectivity index (χ0v) is 12.8. The molecule has 1 saturated carbocycles. The number of fused-ring (bicyclic) bond motifs is 1. The normalized spacial score (nSPS) is 16.4. The van der Waals surface area contributed by atoms with E-state index in [1.807, 2.05) is 6.07 Å². The second-order valence-electron chi connectivity index (χ2n) is 5.61. The number of rotatable bonds is 4. The van der Waals surface area contributed by atoms with Gasteiger partial charge in [-0.15, -0.1) is 5.10 Å². The predicted octanol–water partition coefficient (Wildman–Crippen LogP) is 3.10. The Labute approximate surface area is 131 Å². The summed E-state index contributed by atoms with van der Waals surface area (Å²) in [5.74, 6) is 0.624. The van der Waals surface area contributed by atoms with Crippen molar-refractivity contribution in [1.29, 1.82) is 0 Å². The molecule has 0 spiro atoms. The van der Waals surface area contributed by atoms with Gasteiger partial charge in [0.25, 0.3) is 5.56 Å². The van der Waals surface area contributed by atoms with Gasteiger partial charge in [0.1, 0.15) is 0 Å². The fourth-order valence-corrected chi connectivity index (χ4v) is 3.65. The molecule has 1 atom stereocenters. The first-order valence-electron chi connectivity index (χ1n) is 7.47. The Balaban J connectivity index is 1.68. The lowest BCUT2D eigenvalue weighted by Crippen LogP contribution is -2.26. The summed E-state index contributed by atoms with van der Waals surface area (Å²) < 4.78 is 1.36. The van der Waals surface area contributed by atoms with Crippen LogP contribution in [0.15, 0.2) is 47.4 Å². The first-order chi connectivity index (χ1) is 10.8. The van der Waals surface area contributed by atoms with Gasteiger partial charge >= 0.3 is 0 Å². The molecule has 1 aromatic carbocycles. The van der Waals surface area contributed by atoms with Crippen LogP contribution < -0.4 is 10.9 Å². The van der Waals surface area contributed by atoms with E-state index in [2.05, 4.69) is 39.7 Å². The van der Waals surface area contributed by atoms with Crippen molar-refractivity contribution in [3.05, 3.63) is 58.5 Å². The van der Waals surface area contributed by atoms with Crippen LogP contribution in [-0.2, 0) is 0 Å². The van der Waals surface area contributed by atoms with Crippen LogP contribution in [0.2, 0.25) is 0 Å². The van der Waals surface area contributed by atoms with Crippen molar-refractivity contribution in [2.24, 2.45) is 5.92 Å². The van der Waals surface area contributed by atoms with E-state index in [9.17, 15) is 4.79 Å². The van der Waals surface area contributed by atoms with Crippen molar-refractivity contribution in [3.63, 3.8) is 0 Å². The molecule has 5 nitrogen and oxygen atoms in total. The third kappa shape index (κ3) is 2.39. The lowest BCUT2D eigenvalue weighted by Gasteiger charge is -2.34. The molecule has 0 radical (unpaired) electrons. The number of nitrogens with one attached hydrogen (secondary N) is 1. The second-order valence-corrected chi connectivity index (χ2v) is 6.56. The highest BCUT2D eigenvalue weighted by atomic mass is 32.1. The third-order valence-corrected chi connectivity index (χ3v) is 5.08. The molecule has 6 heteroatoms. The van der Waals surface area contributed by atoms with Crippen LogP contribution >= 0.6 is 11.3 Å². The minimum atomic E-state index is -0.144. The van der Waals surface area contributed by atoms with Gasteiger partial charge in [0.05, 0.1) is 6.04 Å². The maximum absolute atomic E-state index is 11.8. The molecule has 22 heavy (non-hydrogen) atoms. The van der Waals surface area contributed by atoms with Gasteiger partial charge in [-0.2, -0.15) is 4.52 Å². The highest BCUT2D eigenvalue weighted by Crippen LogP contribution is 2.40. The summed E-state index contributed by atoms with van der Waals surface area (Å²) in [5.41, 5.74) is 1.13. The van der Waals surface area contributed by atoms with Crippen LogP contribution in [0.4, 0.5) is 5.13 Å². The molecule has 0 saturated heterocycles. The fraction of sp³-hybridized carbons (Fsp3) is 0.312. The first-order valence-corrected chi connectivity index (χ1v) is 8.29. The zero-order valence-electron chi connectivity index (χ0n) is 12.0. The topological polar surface area (TPSA) is 59.3 Å². The number of nitrogens with zero attached hydrogens (tertiary/aromatic N) is 3. The van der Waals surface area contributed by atoms with Crippen molar-refractivity contribution >= 4 is 21.4 Å². The molecule has 2 heterocycles. The van der Waals surface area contributed by atoms with Crippen molar-refractivity contribution < 1.29 is 0 Å². The highest BCUT2D eigenvalue weighted by molar-refractivity contribution is 7.20. The Morgan fingerprint density at radius 3 is 2.73 bits per heavy atom. The van der Waals surface area contributed by atoms with Crippen LogP contribution in [0, 0.1) is 5.92 Å². The van der Waals surface area contributed by atoms with E-state index in [1.165, 1.54) is 52.9 Å². The average Bonchev–Trinajstić information content (AvgIpc) is 2.90. The van der Waals surface area contributed by atoms with E-state index < -0.39 is 0 Å². The molecular formula is C16H16N4OS. The SMILES string of the molecule is O=c1ccnc2sc(NC(c3ccccc3)C3CCC3)nn12. The minimum Gasteiger partial charge on any atom is -0.353 e. The zero-order chi connectivity index (χ0) is 14.9. The number of anilines is 1. The number of hydrogen-bond donors (Lipinski definition) is 1. The summed E-state index contributed by atoms with van der Waals surface area (Å²) in [6.45, 7) is 0. The van der Waals surface area contributed by atoms with Crippen LogP contribution in [0.25, 0.3) is 4.96 Å². The molecule has 1 fully saturated rings. The third-order valence-electron chi connectivity index (χ3n) is 4.23. The molecule has 3 aromatic rings. The molecule has 1 aliphatic rings. The van der Waals surface area contributed by atoms with Gasteiger partial charge in [-0.1, -0.05) is 48.1 Å². The van der Waals surface area contributed by atoms with E-state index in [0.717, 1.165) is 5.13 Å². The summed E-state index contributed by atoms with van der Waals surface area (Å²) in [6, 6.07) is 12.1. The maximum atomic E-state index is 11.8. The number of hydrogen-bond acceptors (Lipinski definition) is 5. The minimum absolute atomic E-state index is 0.144. The molecule has 4 rings (SSSR count). The van der Waals surface area contributed by atoms with Crippen LogP contribution in [0.3, 0.4) is 0 Å². The van der Waals surface area contributed by atoms with E-state index in [4.69, 9.17) is 0 Å². The Morgan fingerprint density at radius 2 is 2.05 bits per heavy atom. The van der Waals surface area contributed by atoms with E-state index in [1.54, 1.807) is 0 Å². The van der Waals surface area contributed by atoms with Crippen LogP contribution in [0.5, 0.6) is 0 Å². The summed E-state index contributed by atoms with van der Waals surface area (Å²) in [7, 11) is 0. The molecule has 2 aromatic heterocycles. The molecule has 1 aliphatic carbocycles. The summed E-state index contributed by atoms with van der Waals surface area (Å²) >= 11 is 1.42. The van der Waals surface area contributed by atoms with Gasteiger partial charge in [0.15, 0.2) is 0 Å². The first kappa shape index (κ1) is 13.5. The summed E-state index contributed by atoms with van der Waals surface area (Å²) in [4.78, 5) is 16.6. The molecular weight excluding hydrogens is 296 g/mol. The van der Waals surface area contributed by atoms with Crippen molar-refractivity contribution in [1.82, 2.24) is 14.6 Å². The Kier molecular flexibility index (Phi) is 3.38. The van der Waals surface area contributed by atoms with E-state index >= 15 is 0 Å². The Morgan fingerprint density at radius 1 is 1.23 bits per heavy atom. The molecule has 1 N–H and O–H groups in total. The maximum Gasteiger partial charge on any atom is 0.275 e. The number of aromatic nitrogens is 3. The van der Waals surface area contributed by atoms with Gasteiger partial charge in [-0.05, 0) is 24.3 Å². The predicted molar refractivity (Wildman–Crippen MR) is 87.3 cm³/mol. The standard InChI is InChI=1S/C16H16N4OS/c21-13-9-10-17-16-20(13)19-15(22-16)18-14(12-7-4-8-12)11-5-2-1-3-6-11/h1-3,5-6,9-10,12,14H,4,7-8H2,(H,18,19). The molecule has 112 valence electrons. The summed E-state index contributed by atoms with van der Waals surface area (Å²) in [6.07, 6.45) is 5.28. The van der Waals surface area contributed by atoms with Crippen molar-refractivity contribution in [2.45, 2.75) is 25.3 Å². The van der Waals surface area contributed by atoms with E-state index in [0.29, 0.717) is 10.9 Å². The fourth-order valence-electron chi connectivity index (χ4n) is 2.84. The smallest absolute Gasteiger partial charge is 0.275 e. The van der Waals surface area contributed by atoms with Crippen molar-refractivity contribution in [3.8, 4) is 0 Å². The molecule has 1 unspecified atom stereocenters.